The van der Waals surface area contributed by atoms with Crippen molar-refractivity contribution in [2.24, 2.45) is 0 Å². The molecular weight excluding hydrogens is 460 g/mol. The highest BCUT2D eigenvalue weighted by Gasteiger charge is 2.72. The summed E-state index contributed by atoms with van der Waals surface area (Å²) >= 11 is 0. The van der Waals surface area contributed by atoms with Gasteiger partial charge in [-0.2, -0.15) is 52.7 Å². The van der Waals surface area contributed by atoms with E-state index in [2.05, 4.69) is 0 Å². The van der Waals surface area contributed by atoms with Gasteiger partial charge in [0.1, 0.15) is 0 Å². The van der Waals surface area contributed by atoms with E-state index in [0.717, 1.165) is 0 Å². The number of hydrogen-bond acceptors (Lipinski definition) is 2. The second kappa shape index (κ2) is 7.12. The number of anilines is 2. The lowest BCUT2D eigenvalue weighted by Gasteiger charge is -2.38. The zero-order valence-electron chi connectivity index (χ0n) is 14.7. The monoisotopic (exact) mass is 470 g/mol. The summed E-state index contributed by atoms with van der Waals surface area (Å²) in [7, 11) is 0. The molecule has 0 aromatic heterocycles. The standard InChI is InChI=1S/C17H10F12N2/c18-14(19,20)9-3-1-7(5-11(9)30)13(16(24,25)26,17(27,28)29)8-2-4-10(12(31)6-8)15(21,22)23/h1-6H,30-31H2. The van der Waals surface area contributed by atoms with Crippen molar-refractivity contribution in [3.63, 3.8) is 0 Å². The summed E-state index contributed by atoms with van der Waals surface area (Å²) in [6.45, 7) is 0. The van der Waals surface area contributed by atoms with Crippen molar-refractivity contribution < 1.29 is 52.7 Å². The summed E-state index contributed by atoms with van der Waals surface area (Å²) in [5.74, 6) is 0. The smallest absolute Gasteiger partial charge is 0.398 e. The number of hydrogen-bond donors (Lipinski definition) is 2. The van der Waals surface area contributed by atoms with Gasteiger partial charge in [-0.1, -0.05) is 12.1 Å². The molecule has 2 nitrogen and oxygen atoms in total. The average molecular weight is 470 g/mol. The first-order chi connectivity index (χ1) is 13.7. The number of nitrogens with two attached hydrogens (primary N) is 2. The van der Waals surface area contributed by atoms with Gasteiger partial charge in [0.2, 0.25) is 5.41 Å². The predicted octanol–water partition coefficient (Wildman–Crippen LogP) is 6.30. The maximum absolute atomic E-state index is 13.9. The zero-order valence-corrected chi connectivity index (χ0v) is 14.7. The normalized spacial score (nSPS) is 14.1. The van der Waals surface area contributed by atoms with Gasteiger partial charge < -0.3 is 11.5 Å². The highest BCUT2D eigenvalue weighted by Crippen LogP contribution is 2.57. The summed E-state index contributed by atoms with van der Waals surface area (Å²) < 4.78 is 161. The third-order valence-electron chi connectivity index (χ3n) is 4.43. The molecule has 0 atom stereocenters. The minimum Gasteiger partial charge on any atom is -0.398 e. The van der Waals surface area contributed by atoms with Gasteiger partial charge in [0.15, 0.2) is 0 Å². The minimum atomic E-state index is -6.26. The Morgan fingerprint density at radius 1 is 0.484 bits per heavy atom. The molecule has 0 spiro atoms. The highest BCUT2D eigenvalue weighted by atomic mass is 19.4. The van der Waals surface area contributed by atoms with E-state index in [-0.39, 0.29) is 36.4 Å². The summed E-state index contributed by atoms with van der Waals surface area (Å²) in [6.07, 6.45) is -22.9. The number of benzene rings is 2. The number of halogens is 12. The first kappa shape index (κ1) is 24.5. The lowest BCUT2D eigenvalue weighted by Crippen LogP contribution is -2.54. The number of rotatable bonds is 2. The molecule has 2 aromatic carbocycles. The summed E-state index contributed by atoms with van der Waals surface area (Å²) in [5, 5.41) is 0. The molecule has 2 aromatic rings. The molecule has 0 heterocycles. The molecular formula is C17H10F12N2. The van der Waals surface area contributed by atoms with Crippen LogP contribution in [0.5, 0.6) is 0 Å². The van der Waals surface area contributed by atoms with Crippen LogP contribution in [0, 0.1) is 0 Å². The molecule has 14 heteroatoms. The Morgan fingerprint density at radius 3 is 0.968 bits per heavy atom. The third kappa shape index (κ3) is 4.06. The van der Waals surface area contributed by atoms with Crippen LogP contribution in [-0.2, 0) is 17.8 Å². The van der Waals surface area contributed by atoms with Crippen LogP contribution in [0.3, 0.4) is 0 Å². The Morgan fingerprint density at radius 2 is 0.774 bits per heavy atom. The van der Waals surface area contributed by atoms with Crippen LogP contribution in [0.15, 0.2) is 36.4 Å². The summed E-state index contributed by atoms with van der Waals surface area (Å²) in [4.78, 5) is 0. The molecule has 2 rings (SSSR count). The van der Waals surface area contributed by atoms with E-state index in [4.69, 9.17) is 11.5 Å². The van der Waals surface area contributed by atoms with Crippen LogP contribution in [0.4, 0.5) is 64.1 Å². The van der Waals surface area contributed by atoms with Crippen LogP contribution in [0.2, 0.25) is 0 Å². The van der Waals surface area contributed by atoms with E-state index >= 15 is 0 Å². The van der Waals surface area contributed by atoms with Crippen LogP contribution >= 0.6 is 0 Å². The van der Waals surface area contributed by atoms with Crippen LogP contribution in [0.1, 0.15) is 22.3 Å². The van der Waals surface area contributed by atoms with Gasteiger partial charge in [0, 0.05) is 11.4 Å². The van der Waals surface area contributed by atoms with Crippen molar-refractivity contribution in [1.82, 2.24) is 0 Å². The van der Waals surface area contributed by atoms with Crippen molar-refractivity contribution in [3.05, 3.63) is 58.7 Å². The summed E-state index contributed by atoms with van der Waals surface area (Å²) in [6, 6.07) is -0.675. The Labute approximate surface area is 165 Å². The molecule has 0 fully saturated rings. The quantitative estimate of drug-likeness (QED) is 0.400. The predicted molar refractivity (Wildman–Crippen MR) is 84.6 cm³/mol. The second-order valence-electron chi connectivity index (χ2n) is 6.35. The summed E-state index contributed by atoms with van der Waals surface area (Å²) in [5.41, 5.74) is -4.74. The fourth-order valence-electron chi connectivity index (χ4n) is 3.09. The lowest BCUT2D eigenvalue weighted by molar-refractivity contribution is -0.288. The fourth-order valence-corrected chi connectivity index (χ4v) is 3.09. The second-order valence-corrected chi connectivity index (χ2v) is 6.35. The zero-order chi connectivity index (χ0) is 24.2. The molecule has 4 N–H and O–H groups in total. The molecule has 0 unspecified atom stereocenters. The van der Waals surface area contributed by atoms with E-state index in [9.17, 15) is 52.7 Å². The topological polar surface area (TPSA) is 52.0 Å². The lowest BCUT2D eigenvalue weighted by atomic mass is 9.72. The van der Waals surface area contributed by atoms with Gasteiger partial charge in [0.05, 0.1) is 11.1 Å². The molecule has 0 saturated carbocycles. The highest BCUT2D eigenvalue weighted by molar-refractivity contribution is 5.59. The van der Waals surface area contributed by atoms with Gasteiger partial charge >= 0.3 is 24.7 Å². The average Bonchev–Trinajstić information content (AvgIpc) is 2.50. The Hall–Kier alpha value is -2.80. The molecule has 0 aliphatic heterocycles. The molecule has 0 bridgehead atoms. The molecule has 0 aliphatic carbocycles. The SMILES string of the molecule is Nc1cc(C(c2ccc(C(F)(F)F)c(N)c2)(C(F)(F)F)C(F)(F)F)ccc1C(F)(F)F. The van der Waals surface area contributed by atoms with Gasteiger partial charge in [-0.25, -0.2) is 0 Å². The van der Waals surface area contributed by atoms with E-state index < -0.39 is 63.7 Å². The third-order valence-corrected chi connectivity index (χ3v) is 4.43. The van der Waals surface area contributed by atoms with E-state index in [1.54, 1.807) is 0 Å². The van der Waals surface area contributed by atoms with Crippen molar-refractivity contribution in [1.29, 1.82) is 0 Å². The first-order valence-electron chi connectivity index (χ1n) is 7.82. The van der Waals surface area contributed by atoms with E-state index in [0.29, 0.717) is 0 Å². The fraction of sp³-hybridized carbons (Fsp3) is 0.294. The maximum Gasteiger partial charge on any atom is 0.418 e. The van der Waals surface area contributed by atoms with Crippen molar-refractivity contribution >= 4 is 11.4 Å². The van der Waals surface area contributed by atoms with Gasteiger partial charge in [-0.05, 0) is 35.4 Å². The van der Waals surface area contributed by atoms with E-state index in [1.807, 2.05) is 0 Å². The molecule has 0 radical (unpaired) electrons. The van der Waals surface area contributed by atoms with Gasteiger partial charge in [-0.3, -0.25) is 0 Å². The number of nitrogen functional groups attached to an aromatic ring is 2. The Balaban J connectivity index is 2.94. The molecule has 0 saturated heterocycles. The van der Waals surface area contributed by atoms with Crippen molar-refractivity contribution in [2.45, 2.75) is 30.1 Å². The van der Waals surface area contributed by atoms with E-state index in [1.165, 1.54) is 0 Å². The molecule has 0 amide bonds. The Kier molecular flexibility index (Phi) is 5.62. The van der Waals surface area contributed by atoms with Crippen LogP contribution in [0.25, 0.3) is 0 Å². The first-order valence-corrected chi connectivity index (χ1v) is 7.82. The molecule has 31 heavy (non-hydrogen) atoms. The van der Waals surface area contributed by atoms with Gasteiger partial charge in [0.25, 0.3) is 0 Å². The van der Waals surface area contributed by atoms with Crippen molar-refractivity contribution in [2.75, 3.05) is 11.5 Å². The van der Waals surface area contributed by atoms with Gasteiger partial charge in [-0.15, -0.1) is 0 Å². The van der Waals surface area contributed by atoms with Crippen LogP contribution in [-0.4, -0.2) is 12.4 Å². The minimum absolute atomic E-state index is 0.0790. The number of alkyl halides is 12. The van der Waals surface area contributed by atoms with Crippen molar-refractivity contribution in [3.8, 4) is 0 Å². The largest absolute Gasteiger partial charge is 0.418 e. The molecule has 172 valence electrons. The van der Waals surface area contributed by atoms with Crippen LogP contribution < -0.4 is 11.5 Å². The maximum atomic E-state index is 13.9. The molecule has 0 aliphatic rings. The Bertz CT molecular complexity index is 888.